The molecule has 0 spiro atoms. The van der Waals surface area contributed by atoms with Crippen LogP contribution >= 0.6 is 0 Å². The maximum absolute atomic E-state index is 12.4. The first-order valence-corrected chi connectivity index (χ1v) is 7.58. The van der Waals surface area contributed by atoms with Crippen molar-refractivity contribution in [1.82, 2.24) is 16.0 Å². The monoisotopic (exact) mass is 297 g/mol. The van der Waals surface area contributed by atoms with Gasteiger partial charge in [0, 0.05) is 6.42 Å². The van der Waals surface area contributed by atoms with E-state index in [9.17, 15) is 19.5 Å². The second-order valence-electron chi connectivity index (χ2n) is 5.95. The number of nitrogens with one attached hydrogen (secondary N) is 3. The number of aliphatic hydroxyl groups is 1. The summed E-state index contributed by atoms with van der Waals surface area (Å²) in [4.78, 5) is 35.1. The molecule has 7 heteroatoms. The Labute approximate surface area is 123 Å². The number of urea groups is 1. The lowest BCUT2D eigenvalue weighted by Gasteiger charge is -2.33. The smallest absolute Gasteiger partial charge is 0.322 e. The van der Waals surface area contributed by atoms with Crippen molar-refractivity contribution in [3.63, 3.8) is 0 Å². The minimum Gasteiger partial charge on any atom is -0.394 e. The Hall–Kier alpha value is -1.63. The molecule has 1 atom stereocenters. The highest BCUT2D eigenvalue weighted by atomic mass is 16.3. The maximum atomic E-state index is 12.4. The van der Waals surface area contributed by atoms with E-state index in [1.54, 1.807) is 0 Å². The third-order valence-corrected chi connectivity index (χ3v) is 4.29. The van der Waals surface area contributed by atoms with Crippen molar-refractivity contribution >= 4 is 17.8 Å². The maximum Gasteiger partial charge on any atom is 0.322 e. The zero-order valence-electron chi connectivity index (χ0n) is 12.1. The summed E-state index contributed by atoms with van der Waals surface area (Å²) in [7, 11) is 0. The van der Waals surface area contributed by atoms with Crippen molar-refractivity contribution in [3.8, 4) is 0 Å². The molecule has 4 amide bonds. The Balaban J connectivity index is 2.01. The molecule has 0 radical (unpaired) electrons. The number of rotatable bonds is 3. The third-order valence-electron chi connectivity index (χ3n) is 4.29. The molecule has 7 nitrogen and oxygen atoms in total. The highest BCUT2D eigenvalue weighted by molar-refractivity contribution is 5.98. The summed E-state index contributed by atoms with van der Waals surface area (Å²) in [6.45, 7) is -0.101. The molecule has 0 bridgehead atoms. The highest BCUT2D eigenvalue weighted by Crippen LogP contribution is 2.27. The molecule has 1 saturated carbocycles. The first-order valence-electron chi connectivity index (χ1n) is 7.58. The molecular formula is C14H23N3O4. The number of hydrogen-bond acceptors (Lipinski definition) is 4. The van der Waals surface area contributed by atoms with Crippen LogP contribution < -0.4 is 16.0 Å². The van der Waals surface area contributed by atoms with E-state index in [1.807, 2.05) is 0 Å². The molecule has 1 aliphatic carbocycles. The Morgan fingerprint density at radius 1 is 1.24 bits per heavy atom. The molecule has 1 heterocycles. The van der Waals surface area contributed by atoms with Crippen LogP contribution in [-0.2, 0) is 9.59 Å². The number of hydrogen-bond donors (Lipinski definition) is 4. The SMILES string of the molecule is O=C1CC[C@H](C(=O)NC2(CO)CCCCCC2)NC(=O)N1. The summed E-state index contributed by atoms with van der Waals surface area (Å²) in [5, 5.41) is 17.2. The molecule has 2 fully saturated rings. The quantitative estimate of drug-likeness (QED) is 0.557. The van der Waals surface area contributed by atoms with Gasteiger partial charge in [-0.3, -0.25) is 14.9 Å². The molecular weight excluding hydrogens is 274 g/mol. The Bertz CT molecular complexity index is 416. The van der Waals surface area contributed by atoms with Gasteiger partial charge in [-0.1, -0.05) is 25.7 Å². The van der Waals surface area contributed by atoms with Crippen LogP contribution in [0.1, 0.15) is 51.4 Å². The lowest BCUT2D eigenvalue weighted by atomic mass is 9.90. The number of imide groups is 1. The lowest BCUT2D eigenvalue weighted by molar-refractivity contribution is -0.126. The van der Waals surface area contributed by atoms with Crippen LogP contribution in [0.5, 0.6) is 0 Å². The van der Waals surface area contributed by atoms with Gasteiger partial charge in [0.15, 0.2) is 0 Å². The third kappa shape index (κ3) is 4.17. The van der Waals surface area contributed by atoms with Crippen LogP contribution in [0.25, 0.3) is 0 Å². The average Bonchev–Trinajstić information content (AvgIpc) is 2.77. The topological polar surface area (TPSA) is 108 Å². The minimum absolute atomic E-state index is 0.101. The molecule has 0 unspecified atom stereocenters. The van der Waals surface area contributed by atoms with Crippen LogP contribution in [0.2, 0.25) is 0 Å². The van der Waals surface area contributed by atoms with Gasteiger partial charge >= 0.3 is 6.03 Å². The summed E-state index contributed by atoms with van der Waals surface area (Å²) in [6, 6.07) is -1.38. The van der Waals surface area contributed by atoms with Gasteiger partial charge in [-0.05, 0) is 19.3 Å². The molecule has 118 valence electrons. The van der Waals surface area contributed by atoms with E-state index in [2.05, 4.69) is 16.0 Å². The van der Waals surface area contributed by atoms with Gasteiger partial charge in [0.05, 0.1) is 12.1 Å². The van der Waals surface area contributed by atoms with Crippen molar-refractivity contribution in [3.05, 3.63) is 0 Å². The van der Waals surface area contributed by atoms with E-state index in [4.69, 9.17) is 0 Å². The number of aliphatic hydroxyl groups excluding tert-OH is 1. The molecule has 2 aliphatic rings. The largest absolute Gasteiger partial charge is 0.394 e. The molecule has 0 aromatic rings. The zero-order chi connectivity index (χ0) is 15.3. The van der Waals surface area contributed by atoms with E-state index in [-0.39, 0.29) is 31.3 Å². The van der Waals surface area contributed by atoms with Gasteiger partial charge in [0.1, 0.15) is 6.04 Å². The normalized spacial score (nSPS) is 26.0. The predicted octanol–water partition coefficient (Wildman–Crippen LogP) is 0.176. The second-order valence-corrected chi connectivity index (χ2v) is 5.95. The van der Waals surface area contributed by atoms with Gasteiger partial charge in [-0.15, -0.1) is 0 Å². The molecule has 1 aliphatic heterocycles. The van der Waals surface area contributed by atoms with Crippen molar-refractivity contribution < 1.29 is 19.5 Å². The van der Waals surface area contributed by atoms with E-state index in [0.717, 1.165) is 38.5 Å². The van der Waals surface area contributed by atoms with Crippen LogP contribution in [0.4, 0.5) is 4.79 Å². The molecule has 4 N–H and O–H groups in total. The molecule has 2 rings (SSSR count). The van der Waals surface area contributed by atoms with Crippen LogP contribution in [0.15, 0.2) is 0 Å². The Morgan fingerprint density at radius 3 is 2.52 bits per heavy atom. The first kappa shape index (κ1) is 15.8. The predicted molar refractivity (Wildman–Crippen MR) is 75.4 cm³/mol. The number of carbonyl (C=O) groups excluding carboxylic acids is 3. The first-order chi connectivity index (χ1) is 10.0. The van der Waals surface area contributed by atoms with Crippen LogP contribution in [0, 0.1) is 0 Å². The minimum atomic E-state index is -0.733. The zero-order valence-corrected chi connectivity index (χ0v) is 12.1. The van der Waals surface area contributed by atoms with Crippen molar-refractivity contribution in [1.29, 1.82) is 0 Å². The highest BCUT2D eigenvalue weighted by Gasteiger charge is 2.35. The molecule has 0 aromatic carbocycles. The summed E-state index contributed by atoms with van der Waals surface area (Å²) in [6.07, 6.45) is 6.04. The van der Waals surface area contributed by atoms with Gasteiger partial charge in [-0.2, -0.15) is 0 Å². The van der Waals surface area contributed by atoms with Crippen LogP contribution in [-0.4, -0.2) is 41.1 Å². The van der Waals surface area contributed by atoms with Crippen molar-refractivity contribution in [2.24, 2.45) is 0 Å². The van der Waals surface area contributed by atoms with Gasteiger partial charge in [-0.25, -0.2) is 4.79 Å². The average molecular weight is 297 g/mol. The van der Waals surface area contributed by atoms with E-state index in [0.29, 0.717) is 0 Å². The van der Waals surface area contributed by atoms with Gasteiger partial charge in [0.2, 0.25) is 11.8 Å². The lowest BCUT2D eigenvalue weighted by Crippen LogP contribution is -2.57. The molecule has 1 saturated heterocycles. The second kappa shape index (κ2) is 6.89. The van der Waals surface area contributed by atoms with Gasteiger partial charge in [0.25, 0.3) is 0 Å². The number of amides is 4. The summed E-state index contributed by atoms with van der Waals surface area (Å²) >= 11 is 0. The van der Waals surface area contributed by atoms with Crippen molar-refractivity contribution in [2.45, 2.75) is 62.9 Å². The van der Waals surface area contributed by atoms with Crippen molar-refractivity contribution in [2.75, 3.05) is 6.61 Å². The number of carbonyl (C=O) groups is 3. The Kier molecular flexibility index (Phi) is 5.17. The summed E-state index contributed by atoms with van der Waals surface area (Å²) in [5.41, 5.74) is -0.595. The van der Waals surface area contributed by atoms with E-state index in [1.165, 1.54) is 0 Å². The summed E-state index contributed by atoms with van der Waals surface area (Å²) < 4.78 is 0. The van der Waals surface area contributed by atoms with Crippen LogP contribution in [0.3, 0.4) is 0 Å². The molecule has 0 aromatic heterocycles. The fourth-order valence-corrected chi connectivity index (χ4v) is 3.00. The molecule has 21 heavy (non-hydrogen) atoms. The fraction of sp³-hybridized carbons (Fsp3) is 0.786. The van der Waals surface area contributed by atoms with E-state index >= 15 is 0 Å². The van der Waals surface area contributed by atoms with E-state index < -0.39 is 17.6 Å². The standard InChI is InChI=1S/C14H23N3O4/c18-9-14(7-3-1-2-4-8-14)17-12(20)10-5-6-11(19)16-13(21)15-10/h10,18H,1-9H2,(H,17,20)(H2,15,16,19,21)/t10-/m1/s1. The Morgan fingerprint density at radius 2 is 1.90 bits per heavy atom. The fourth-order valence-electron chi connectivity index (χ4n) is 3.00. The van der Waals surface area contributed by atoms with Gasteiger partial charge < -0.3 is 15.7 Å². The summed E-state index contributed by atoms with van der Waals surface area (Å²) in [5.74, 6) is -0.704.